The Morgan fingerprint density at radius 3 is 2.90 bits per heavy atom. The Morgan fingerprint density at radius 1 is 1.48 bits per heavy atom. The van der Waals surface area contributed by atoms with Crippen LogP contribution in [0.3, 0.4) is 0 Å². The maximum absolute atomic E-state index is 11.9. The van der Waals surface area contributed by atoms with Crippen LogP contribution in [0, 0.1) is 0 Å². The van der Waals surface area contributed by atoms with Crippen molar-refractivity contribution >= 4 is 5.97 Å². The Balaban J connectivity index is 2.03. The van der Waals surface area contributed by atoms with E-state index in [9.17, 15) is 4.79 Å². The van der Waals surface area contributed by atoms with Crippen molar-refractivity contribution in [3.05, 3.63) is 24.3 Å². The van der Waals surface area contributed by atoms with Crippen LogP contribution >= 0.6 is 0 Å². The second-order valence-electron chi connectivity index (χ2n) is 4.91. The van der Waals surface area contributed by atoms with Gasteiger partial charge in [-0.15, -0.1) is 10.2 Å². The van der Waals surface area contributed by atoms with Crippen LogP contribution in [0.15, 0.2) is 27.2 Å². The molecular weight excluding hydrogens is 274 g/mol. The van der Waals surface area contributed by atoms with Crippen molar-refractivity contribution in [2.45, 2.75) is 38.8 Å². The lowest BCUT2D eigenvalue weighted by Gasteiger charge is -2.26. The third kappa shape index (κ3) is 3.49. The molecule has 0 amide bonds. The summed E-state index contributed by atoms with van der Waals surface area (Å²) < 4.78 is 15.5. The highest BCUT2D eigenvalue weighted by atomic mass is 16.5. The molecule has 0 aliphatic carbocycles. The normalized spacial score (nSPS) is 13.9. The molecule has 114 valence electrons. The molecule has 0 aromatic carbocycles. The molecule has 0 unspecified atom stereocenters. The molecule has 0 bridgehead atoms. The number of rotatable bonds is 7. The number of nitrogens with one attached hydrogen (secondary N) is 1. The fraction of sp³-hybridized carbons (Fsp3) is 0.500. The molecule has 0 spiro atoms. The van der Waals surface area contributed by atoms with Crippen LogP contribution < -0.4 is 5.32 Å². The van der Waals surface area contributed by atoms with E-state index in [0.717, 1.165) is 6.42 Å². The van der Waals surface area contributed by atoms with Gasteiger partial charge in [-0.1, -0.05) is 13.3 Å². The standard InChI is InChI=1S/C14H19N3O4/c1-4-7-14(2,13(18)19-3)15-9-11-16-17-12(21-11)10-6-5-8-20-10/h5-6,8,15H,4,7,9H2,1-3H3/t14-/m1/s1. The zero-order valence-electron chi connectivity index (χ0n) is 12.4. The number of esters is 1. The molecule has 0 aliphatic rings. The summed E-state index contributed by atoms with van der Waals surface area (Å²) in [6.07, 6.45) is 3.03. The Morgan fingerprint density at radius 2 is 2.29 bits per heavy atom. The van der Waals surface area contributed by atoms with Crippen LogP contribution in [0.2, 0.25) is 0 Å². The summed E-state index contributed by atoms with van der Waals surface area (Å²) in [7, 11) is 1.37. The maximum atomic E-state index is 11.9. The zero-order chi connectivity index (χ0) is 15.3. The van der Waals surface area contributed by atoms with Gasteiger partial charge in [-0.25, -0.2) is 0 Å². The molecule has 1 atom stereocenters. The first-order valence-electron chi connectivity index (χ1n) is 6.78. The summed E-state index contributed by atoms with van der Waals surface area (Å²) in [4.78, 5) is 11.9. The average Bonchev–Trinajstić information content (AvgIpc) is 3.15. The average molecular weight is 293 g/mol. The quantitative estimate of drug-likeness (QED) is 0.782. The number of methoxy groups -OCH3 is 1. The van der Waals surface area contributed by atoms with E-state index in [-0.39, 0.29) is 12.5 Å². The molecule has 7 nitrogen and oxygen atoms in total. The Labute approximate surface area is 122 Å². The first-order chi connectivity index (χ1) is 10.1. The van der Waals surface area contributed by atoms with Gasteiger partial charge in [-0.05, 0) is 25.5 Å². The molecule has 2 aromatic heterocycles. The van der Waals surface area contributed by atoms with Crippen LogP contribution in [-0.4, -0.2) is 28.8 Å². The number of carbonyl (C=O) groups excluding carboxylic acids is 1. The van der Waals surface area contributed by atoms with E-state index in [0.29, 0.717) is 24.0 Å². The topological polar surface area (TPSA) is 90.4 Å². The summed E-state index contributed by atoms with van der Waals surface area (Å²) in [6, 6.07) is 3.48. The molecule has 2 aromatic rings. The van der Waals surface area contributed by atoms with Gasteiger partial charge in [0.25, 0.3) is 5.89 Å². The molecule has 2 heterocycles. The highest BCUT2D eigenvalue weighted by molar-refractivity contribution is 5.80. The predicted molar refractivity (Wildman–Crippen MR) is 74.2 cm³/mol. The molecule has 0 saturated heterocycles. The van der Waals surface area contributed by atoms with Gasteiger partial charge in [0.15, 0.2) is 5.76 Å². The number of hydrogen-bond donors (Lipinski definition) is 1. The van der Waals surface area contributed by atoms with Gasteiger partial charge in [0, 0.05) is 0 Å². The van der Waals surface area contributed by atoms with Gasteiger partial charge in [-0.3, -0.25) is 10.1 Å². The van der Waals surface area contributed by atoms with Gasteiger partial charge in [-0.2, -0.15) is 0 Å². The van der Waals surface area contributed by atoms with Gasteiger partial charge in [0.1, 0.15) is 5.54 Å². The summed E-state index contributed by atoms with van der Waals surface area (Å²) in [5.41, 5.74) is -0.775. The van der Waals surface area contributed by atoms with Crippen molar-refractivity contribution in [3.8, 4) is 11.7 Å². The van der Waals surface area contributed by atoms with Gasteiger partial charge < -0.3 is 13.6 Å². The van der Waals surface area contributed by atoms with E-state index in [1.165, 1.54) is 13.4 Å². The zero-order valence-corrected chi connectivity index (χ0v) is 12.4. The summed E-state index contributed by atoms with van der Waals surface area (Å²) in [5, 5.41) is 11.0. The second kappa shape index (κ2) is 6.53. The van der Waals surface area contributed by atoms with Crippen molar-refractivity contribution in [2.75, 3.05) is 7.11 Å². The monoisotopic (exact) mass is 293 g/mol. The first kappa shape index (κ1) is 15.2. The Hall–Kier alpha value is -2.15. The van der Waals surface area contributed by atoms with Crippen LogP contribution in [0.25, 0.3) is 11.7 Å². The minimum atomic E-state index is -0.775. The van der Waals surface area contributed by atoms with E-state index in [2.05, 4.69) is 15.5 Å². The fourth-order valence-electron chi connectivity index (χ4n) is 2.08. The molecule has 7 heteroatoms. The third-order valence-corrected chi connectivity index (χ3v) is 3.21. The number of carbonyl (C=O) groups is 1. The van der Waals surface area contributed by atoms with E-state index >= 15 is 0 Å². The van der Waals surface area contributed by atoms with Crippen molar-refractivity contribution in [3.63, 3.8) is 0 Å². The molecule has 0 saturated carbocycles. The molecule has 0 aliphatic heterocycles. The molecule has 2 rings (SSSR count). The SMILES string of the molecule is CCC[C@@](C)(NCc1nnc(-c2ccco2)o1)C(=O)OC. The van der Waals surface area contributed by atoms with E-state index in [1.54, 1.807) is 19.1 Å². The number of aromatic nitrogens is 2. The smallest absolute Gasteiger partial charge is 0.325 e. The van der Waals surface area contributed by atoms with Gasteiger partial charge >= 0.3 is 5.97 Å². The van der Waals surface area contributed by atoms with Crippen molar-refractivity contribution in [1.82, 2.24) is 15.5 Å². The lowest BCUT2D eigenvalue weighted by molar-refractivity contribution is -0.148. The van der Waals surface area contributed by atoms with Crippen molar-refractivity contribution in [1.29, 1.82) is 0 Å². The Kier molecular flexibility index (Phi) is 4.74. The number of ether oxygens (including phenoxy) is 1. The summed E-state index contributed by atoms with van der Waals surface area (Å²) >= 11 is 0. The molecule has 1 N–H and O–H groups in total. The van der Waals surface area contributed by atoms with Crippen LogP contribution in [-0.2, 0) is 16.1 Å². The maximum Gasteiger partial charge on any atom is 0.325 e. The predicted octanol–water partition coefficient (Wildman–Crippen LogP) is 2.15. The lowest BCUT2D eigenvalue weighted by Crippen LogP contribution is -2.49. The third-order valence-electron chi connectivity index (χ3n) is 3.21. The Bertz CT molecular complexity index is 579. The number of furan rings is 1. The number of nitrogens with zero attached hydrogens (tertiary/aromatic N) is 2. The fourth-order valence-corrected chi connectivity index (χ4v) is 2.08. The van der Waals surface area contributed by atoms with Crippen LogP contribution in [0.4, 0.5) is 0 Å². The highest BCUT2D eigenvalue weighted by Crippen LogP contribution is 2.19. The van der Waals surface area contributed by atoms with Gasteiger partial charge in [0.05, 0.1) is 19.9 Å². The van der Waals surface area contributed by atoms with Gasteiger partial charge in [0.2, 0.25) is 5.89 Å². The van der Waals surface area contributed by atoms with E-state index in [4.69, 9.17) is 13.6 Å². The molecule has 0 radical (unpaired) electrons. The molecule has 21 heavy (non-hydrogen) atoms. The lowest BCUT2D eigenvalue weighted by atomic mass is 9.96. The summed E-state index contributed by atoms with van der Waals surface area (Å²) in [6.45, 7) is 4.08. The number of hydrogen-bond acceptors (Lipinski definition) is 7. The van der Waals surface area contributed by atoms with Crippen LogP contribution in [0.1, 0.15) is 32.6 Å². The minimum absolute atomic E-state index is 0.277. The first-order valence-corrected chi connectivity index (χ1v) is 6.78. The van der Waals surface area contributed by atoms with Crippen molar-refractivity contribution < 1.29 is 18.4 Å². The highest BCUT2D eigenvalue weighted by Gasteiger charge is 2.33. The second-order valence-corrected chi connectivity index (χ2v) is 4.91. The van der Waals surface area contributed by atoms with E-state index in [1.807, 2.05) is 6.92 Å². The van der Waals surface area contributed by atoms with Crippen LogP contribution in [0.5, 0.6) is 0 Å². The minimum Gasteiger partial charge on any atom is -0.468 e. The largest absolute Gasteiger partial charge is 0.468 e. The molecular formula is C14H19N3O4. The van der Waals surface area contributed by atoms with E-state index < -0.39 is 5.54 Å². The summed E-state index contributed by atoms with van der Waals surface area (Å²) in [5.74, 6) is 0.896. The molecule has 0 fully saturated rings. The van der Waals surface area contributed by atoms with Crippen molar-refractivity contribution in [2.24, 2.45) is 0 Å².